The first-order chi connectivity index (χ1) is 12.3. The van der Waals surface area contributed by atoms with Gasteiger partial charge in [0.15, 0.2) is 0 Å². The molecule has 0 bridgehead atoms. The Morgan fingerprint density at radius 1 is 1.08 bits per heavy atom. The van der Waals surface area contributed by atoms with Gasteiger partial charge in [0.05, 0.1) is 4.90 Å². The van der Waals surface area contributed by atoms with Crippen molar-refractivity contribution >= 4 is 27.5 Å². The normalized spacial score (nSPS) is 17.6. The van der Waals surface area contributed by atoms with Crippen molar-refractivity contribution in [2.75, 3.05) is 5.32 Å². The molecule has 0 fully saturated rings. The van der Waals surface area contributed by atoms with E-state index < -0.39 is 16.1 Å². The maximum absolute atomic E-state index is 12.5. The molecule has 1 amide bonds. The molecule has 1 atom stereocenters. The van der Waals surface area contributed by atoms with E-state index in [0.29, 0.717) is 17.2 Å². The zero-order valence-electron chi connectivity index (χ0n) is 14.9. The van der Waals surface area contributed by atoms with E-state index in [1.807, 2.05) is 24.3 Å². The lowest BCUT2D eigenvalue weighted by molar-refractivity contribution is -0.117. The van der Waals surface area contributed by atoms with Crippen LogP contribution in [0.4, 0.5) is 5.69 Å². The monoisotopic (exact) mass is 371 g/mol. The summed E-state index contributed by atoms with van der Waals surface area (Å²) >= 11 is 0. The average Bonchev–Trinajstić information content (AvgIpc) is 2.86. The first kappa shape index (κ1) is 18.1. The van der Waals surface area contributed by atoms with Crippen molar-refractivity contribution in [1.82, 2.24) is 4.72 Å². The van der Waals surface area contributed by atoms with Crippen LogP contribution in [-0.4, -0.2) is 26.2 Å². The van der Waals surface area contributed by atoms with Crippen LogP contribution in [0, 0.1) is 0 Å². The van der Waals surface area contributed by atoms with Gasteiger partial charge in [0.1, 0.15) is 11.9 Å². The van der Waals surface area contributed by atoms with Gasteiger partial charge in [-0.25, -0.2) is 8.42 Å². The minimum Gasteiger partial charge on any atom is -0.324 e. The highest BCUT2D eigenvalue weighted by atomic mass is 32.2. The number of nitrogens with one attached hydrogen (secondary N) is 2. The fourth-order valence-electron chi connectivity index (χ4n) is 2.70. The van der Waals surface area contributed by atoms with Crippen LogP contribution >= 0.6 is 0 Å². The Hall–Kier alpha value is -2.67. The molecule has 2 aromatic rings. The second kappa shape index (κ2) is 6.92. The van der Waals surface area contributed by atoms with Crippen molar-refractivity contribution < 1.29 is 13.2 Å². The van der Waals surface area contributed by atoms with E-state index in [-0.39, 0.29) is 16.6 Å². The van der Waals surface area contributed by atoms with E-state index in [1.165, 1.54) is 6.07 Å². The maximum Gasteiger partial charge on any atom is 0.263 e. The molecule has 0 radical (unpaired) electrons. The zero-order valence-corrected chi connectivity index (χ0v) is 15.7. The molecule has 1 aliphatic heterocycles. The van der Waals surface area contributed by atoms with Gasteiger partial charge < -0.3 is 5.32 Å². The number of nitrogens with zero attached hydrogens (tertiary/aromatic N) is 1. The highest BCUT2D eigenvalue weighted by Crippen LogP contribution is 2.23. The molecule has 0 spiro atoms. The summed E-state index contributed by atoms with van der Waals surface area (Å²) in [6, 6.07) is 13.5. The van der Waals surface area contributed by atoms with Gasteiger partial charge in [-0.05, 0) is 42.7 Å². The minimum absolute atomic E-state index is 0.177. The van der Waals surface area contributed by atoms with Crippen LogP contribution in [0.25, 0.3) is 0 Å². The summed E-state index contributed by atoms with van der Waals surface area (Å²) in [5, 5.41) is 2.83. The van der Waals surface area contributed by atoms with Gasteiger partial charge in [-0.1, -0.05) is 38.1 Å². The molecule has 0 unspecified atom stereocenters. The minimum atomic E-state index is -3.61. The number of hydrogen-bond acceptors (Lipinski definition) is 4. The van der Waals surface area contributed by atoms with Gasteiger partial charge >= 0.3 is 0 Å². The fraction of sp³-hybridized carbons (Fsp3) is 0.263. The number of fused-ring (bicyclic) bond motifs is 1. The second-order valence-electron chi connectivity index (χ2n) is 6.52. The first-order valence-electron chi connectivity index (χ1n) is 8.39. The molecule has 0 saturated heterocycles. The summed E-state index contributed by atoms with van der Waals surface area (Å²) in [5.74, 6) is 0.245. The number of amides is 1. The van der Waals surface area contributed by atoms with Crippen molar-refractivity contribution in [3.05, 3.63) is 59.7 Å². The van der Waals surface area contributed by atoms with Crippen molar-refractivity contribution in [1.29, 1.82) is 0 Å². The zero-order chi connectivity index (χ0) is 18.9. The Morgan fingerprint density at radius 3 is 2.54 bits per heavy atom. The molecule has 3 rings (SSSR count). The van der Waals surface area contributed by atoms with Gasteiger partial charge in [-0.3, -0.25) is 14.5 Å². The Bertz CT molecular complexity index is 981. The van der Waals surface area contributed by atoms with E-state index >= 15 is 0 Å². The average molecular weight is 371 g/mol. The summed E-state index contributed by atoms with van der Waals surface area (Å²) in [6.45, 7) is 5.79. The lowest BCUT2D eigenvalue weighted by atomic mass is 10.0. The third-order valence-corrected chi connectivity index (χ3v) is 5.58. The van der Waals surface area contributed by atoms with E-state index in [9.17, 15) is 13.2 Å². The topological polar surface area (TPSA) is 87.6 Å². The largest absolute Gasteiger partial charge is 0.324 e. The predicted molar refractivity (Wildman–Crippen MR) is 102 cm³/mol. The second-order valence-corrected chi connectivity index (χ2v) is 8.18. The third kappa shape index (κ3) is 3.62. The lowest BCUT2D eigenvalue weighted by Gasteiger charge is -2.12. The van der Waals surface area contributed by atoms with Crippen LogP contribution in [0.1, 0.15) is 37.8 Å². The standard InChI is InChI=1S/C19H21N3O3S/c1-12(2)14-7-6-8-15(11-14)21-19(23)13(3)20-18-16-9-4-5-10-17(16)26(24,25)22-18/h4-13H,1-3H3,(H,20,22)(H,21,23)/t13-/m0/s1. The number of hydrogen-bond donors (Lipinski definition) is 2. The van der Waals surface area contributed by atoms with E-state index in [4.69, 9.17) is 0 Å². The highest BCUT2D eigenvalue weighted by molar-refractivity contribution is 7.90. The molecular formula is C19H21N3O3S. The number of aliphatic imine (C=N–C) groups is 1. The Morgan fingerprint density at radius 2 is 1.81 bits per heavy atom. The Balaban J connectivity index is 1.80. The van der Waals surface area contributed by atoms with Crippen molar-refractivity contribution in [3.63, 3.8) is 0 Å². The highest BCUT2D eigenvalue weighted by Gasteiger charge is 2.31. The number of rotatable bonds is 4. The van der Waals surface area contributed by atoms with Crippen LogP contribution in [0.3, 0.4) is 0 Å². The molecule has 1 aliphatic rings. The summed E-state index contributed by atoms with van der Waals surface area (Å²) in [4.78, 5) is 16.9. The summed E-state index contributed by atoms with van der Waals surface area (Å²) in [6.07, 6.45) is 0. The van der Waals surface area contributed by atoms with E-state index in [2.05, 4.69) is 28.9 Å². The van der Waals surface area contributed by atoms with Crippen molar-refractivity contribution in [3.8, 4) is 0 Å². The maximum atomic E-state index is 12.5. The quantitative estimate of drug-likeness (QED) is 0.866. The Kier molecular flexibility index (Phi) is 4.82. The third-order valence-electron chi connectivity index (χ3n) is 4.19. The lowest BCUT2D eigenvalue weighted by Crippen LogP contribution is -2.28. The number of amidine groups is 1. The smallest absolute Gasteiger partial charge is 0.263 e. The molecule has 0 aromatic heterocycles. The molecule has 136 valence electrons. The van der Waals surface area contributed by atoms with Crippen molar-refractivity contribution in [2.24, 2.45) is 4.99 Å². The molecular weight excluding hydrogens is 350 g/mol. The molecule has 1 heterocycles. The number of carbonyl (C=O) groups is 1. The summed E-state index contributed by atoms with van der Waals surface area (Å²) in [5.41, 5.74) is 2.30. The van der Waals surface area contributed by atoms with Gasteiger partial charge in [-0.2, -0.15) is 0 Å². The molecule has 0 aliphatic carbocycles. The SMILES string of the molecule is CC(C)c1cccc(NC(=O)[C@H](C)N=C2NS(=O)(=O)c3ccccc32)c1. The fourth-order valence-corrected chi connectivity index (χ4v) is 3.94. The van der Waals surface area contributed by atoms with Crippen LogP contribution in [0.2, 0.25) is 0 Å². The number of anilines is 1. The van der Waals surface area contributed by atoms with Crippen molar-refractivity contribution in [2.45, 2.75) is 37.6 Å². The van der Waals surface area contributed by atoms with Gasteiger partial charge in [-0.15, -0.1) is 0 Å². The Labute approximate surface area is 153 Å². The van der Waals surface area contributed by atoms with Gasteiger partial charge in [0, 0.05) is 11.3 Å². The van der Waals surface area contributed by atoms with Crippen LogP contribution in [-0.2, 0) is 14.8 Å². The number of sulfonamides is 1. The molecule has 0 saturated carbocycles. The summed E-state index contributed by atoms with van der Waals surface area (Å²) in [7, 11) is -3.61. The van der Waals surface area contributed by atoms with E-state index in [1.54, 1.807) is 25.1 Å². The number of benzene rings is 2. The van der Waals surface area contributed by atoms with Gasteiger partial charge in [0.25, 0.3) is 10.0 Å². The van der Waals surface area contributed by atoms with Crippen LogP contribution in [0.5, 0.6) is 0 Å². The van der Waals surface area contributed by atoms with Gasteiger partial charge in [0.2, 0.25) is 5.91 Å². The van der Waals surface area contributed by atoms with E-state index in [0.717, 1.165) is 5.56 Å². The van der Waals surface area contributed by atoms with Crippen LogP contribution in [0.15, 0.2) is 58.4 Å². The van der Waals surface area contributed by atoms with Crippen LogP contribution < -0.4 is 10.0 Å². The summed E-state index contributed by atoms with van der Waals surface area (Å²) < 4.78 is 26.6. The number of carbonyl (C=O) groups excluding carboxylic acids is 1. The molecule has 2 aromatic carbocycles. The molecule has 2 N–H and O–H groups in total. The first-order valence-corrected chi connectivity index (χ1v) is 9.87. The molecule has 7 heteroatoms. The molecule has 26 heavy (non-hydrogen) atoms. The molecule has 6 nitrogen and oxygen atoms in total. The predicted octanol–water partition coefficient (Wildman–Crippen LogP) is 2.88.